The Labute approximate surface area is 204 Å². The van der Waals surface area contributed by atoms with Crippen LogP contribution in [0.5, 0.6) is 0 Å². The van der Waals surface area contributed by atoms with Gasteiger partial charge in [-0.25, -0.2) is 0 Å². The van der Waals surface area contributed by atoms with Crippen LogP contribution in [-0.4, -0.2) is 35.2 Å². The number of anilines is 2. The average molecular weight is 444 g/mol. The minimum Gasteiger partial charge on any atom is -0.404 e. The van der Waals surface area contributed by atoms with Crippen molar-refractivity contribution in [3.63, 3.8) is 0 Å². The molecule has 0 atom stereocenters. The number of likely N-dealkylation sites (tertiary alicyclic amines) is 1. The smallest absolute Gasteiger partial charge is 0.404 e. The molecule has 3 rings (SSSR count). The minimum absolute atomic E-state index is 0. The molecule has 1 aliphatic heterocycles. The summed E-state index contributed by atoms with van der Waals surface area (Å²) >= 11 is 0. The summed E-state index contributed by atoms with van der Waals surface area (Å²) in [5, 5.41) is 8.69. The molecule has 0 bridgehead atoms. The van der Waals surface area contributed by atoms with Crippen molar-refractivity contribution < 1.29 is 32.0 Å². The van der Waals surface area contributed by atoms with Gasteiger partial charge in [0.2, 0.25) is 0 Å². The van der Waals surface area contributed by atoms with Crippen LogP contribution in [0.15, 0.2) is 59.1 Å². The molecule has 33 heavy (non-hydrogen) atoms. The number of aliphatic imine (C=N–C) groups is 1. The maximum absolute atomic E-state index is 13.0. The molecule has 0 unspecified atom stereocenters. The van der Waals surface area contributed by atoms with Crippen LogP contribution >= 0.6 is 0 Å². The predicted octanol–water partition coefficient (Wildman–Crippen LogP) is 2.24. The third-order valence-corrected chi connectivity index (χ3v) is 5.39. The van der Waals surface area contributed by atoms with Crippen LogP contribution in [0.25, 0.3) is 0 Å². The molecule has 1 aromatic carbocycles. The first-order valence-electron chi connectivity index (χ1n) is 10.0. The van der Waals surface area contributed by atoms with Crippen molar-refractivity contribution in [3.05, 3.63) is 78.4 Å². The van der Waals surface area contributed by atoms with Gasteiger partial charge in [0.1, 0.15) is 0 Å². The van der Waals surface area contributed by atoms with Crippen LogP contribution in [-0.2, 0) is 6.18 Å². The number of aromatic nitrogens is 1. The van der Waals surface area contributed by atoms with Crippen LogP contribution in [0, 0.1) is 31.4 Å². The van der Waals surface area contributed by atoms with Crippen LogP contribution < -0.4 is 23.8 Å². The van der Waals surface area contributed by atoms with E-state index in [4.69, 9.17) is 18.4 Å². The van der Waals surface area contributed by atoms with Gasteiger partial charge in [-0.3, -0.25) is 18.1 Å². The Balaban J connectivity index is 0.00000385. The standard InChI is InChI=1S/C24H22F3N5.Li/c1-17-8-11-29-16-23(17)32(21-6-4-20(5-7-21)24(25,26)27)22-9-12-31(13-10-22)19(3)15-30-18(2)14-28;/h2-8,11,15-16,22H,9-10,12-13H2,1H3;/q-2;+1. The quantitative estimate of drug-likeness (QED) is 0.297. The topological polar surface area (TPSA) is 55.5 Å². The fourth-order valence-electron chi connectivity index (χ4n) is 3.69. The van der Waals surface area contributed by atoms with Gasteiger partial charge in [0.05, 0.1) is 17.4 Å². The van der Waals surface area contributed by atoms with E-state index >= 15 is 0 Å². The number of nitriles is 1. The minimum atomic E-state index is -4.39. The summed E-state index contributed by atoms with van der Waals surface area (Å²) in [7, 11) is 0. The molecule has 1 aromatic heterocycles. The number of aryl methyl sites for hydroxylation is 1. The van der Waals surface area contributed by atoms with Gasteiger partial charge in [-0.15, -0.1) is 18.0 Å². The monoisotopic (exact) mass is 444 g/mol. The number of hydrogen-bond acceptors (Lipinski definition) is 5. The van der Waals surface area contributed by atoms with E-state index in [1.165, 1.54) is 18.3 Å². The molecular formula is C24H22F3LiN5-. The Morgan fingerprint density at radius 3 is 2.39 bits per heavy atom. The molecule has 0 radical (unpaired) electrons. The molecule has 0 saturated carbocycles. The Morgan fingerprint density at radius 1 is 1.21 bits per heavy atom. The Hall–Kier alpha value is -3.00. The van der Waals surface area contributed by atoms with Gasteiger partial charge in [-0.2, -0.15) is 13.2 Å². The van der Waals surface area contributed by atoms with E-state index in [2.05, 4.69) is 9.98 Å². The van der Waals surface area contributed by atoms with E-state index in [1.807, 2.05) is 22.8 Å². The van der Waals surface area contributed by atoms with Crippen molar-refractivity contribution in [1.29, 1.82) is 5.26 Å². The van der Waals surface area contributed by atoms with Crippen LogP contribution in [0.3, 0.4) is 0 Å². The second-order valence-electron chi connectivity index (χ2n) is 7.48. The molecule has 2 aromatic rings. The second-order valence-corrected chi connectivity index (χ2v) is 7.48. The first-order valence-corrected chi connectivity index (χ1v) is 10.0. The summed E-state index contributed by atoms with van der Waals surface area (Å²) in [6.45, 7) is 14.6. The van der Waals surface area contributed by atoms with Gasteiger partial charge in [0.25, 0.3) is 0 Å². The molecule has 9 heteroatoms. The van der Waals surface area contributed by atoms with Crippen molar-refractivity contribution >= 4 is 17.6 Å². The predicted molar refractivity (Wildman–Crippen MR) is 117 cm³/mol. The number of alkyl halides is 3. The Bertz CT molecular complexity index is 1050. The van der Waals surface area contributed by atoms with Crippen LogP contribution in [0.1, 0.15) is 24.0 Å². The second kappa shape index (κ2) is 11.2. The third kappa shape index (κ3) is 6.51. The fraction of sp³-hybridized carbons (Fsp3) is 0.292. The zero-order chi connectivity index (χ0) is 23.3. The van der Waals surface area contributed by atoms with E-state index in [1.54, 1.807) is 18.5 Å². The first-order chi connectivity index (χ1) is 15.2. The SMILES string of the molecule is [CH-]=C(C#N)N=CC(=[CH-])N1CCC(N(c2ccc(C(F)(F)F)cc2)c2cnccc2C)CC1.[Li+]. The number of rotatable bonds is 6. The molecule has 1 fully saturated rings. The van der Waals surface area contributed by atoms with Gasteiger partial charge in [-0.05, 0) is 55.7 Å². The number of nitrogens with zero attached hydrogens (tertiary/aromatic N) is 5. The average Bonchev–Trinajstić information content (AvgIpc) is 2.79. The normalized spacial score (nSPS) is 14.5. The molecule has 166 valence electrons. The third-order valence-electron chi connectivity index (χ3n) is 5.39. The summed E-state index contributed by atoms with van der Waals surface area (Å²) in [6.07, 6.45) is 1.80. The molecule has 0 aliphatic carbocycles. The summed E-state index contributed by atoms with van der Waals surface area (Å²) in [5.41, 5.74) is 2.03. The van der Waals surface area contributed by atoms with E-state index < -0.39 is 11.7 Å². The molecule has 1 aliphatic rings. The summed E-state index contributed by atoms with van der Waals surface area (Å²) in [6, 6.07) is 8.82. The van der Waals surface area contributed by atoms with Crippen molar-refractivity contribution in [1.82, 2.24) is 9.88 Å². The van der Waals surface area contributed by atoms with Crippen molar-refractivity contribution in [3.8, 4) is 6.07 Å². The van der Waals surface area contributed by atoms with Gasteiger partial charge in [-0.1, -0.05) is 5.70 Å². The molecule has 5 nitrogen and oxygen atoms in total. The van der Waals surface area contributed by atoms with Crippen molar-refractivity contribution in [2.75, 3.05) is 18.0 Å². The van der Waals surface area contributed by atoms with Gasteiger partial charge in [0, 0.05) is 31.0 Å². The maximum atomic E-state index is 13.0. The maximum Gasteiger partial charge on any atom is 1.00 e. The molecular weight excluding hydrogens is 422 g/mol. The van der Waals surface area contributed by atoms with E-state index in [0.717, 1.165) is 23.4 Å². The largest absolute Gasteiger partial charge is 1.00 e. The fourth-order valence-corrected chi connectivity index (χ4v) is 3.69. The van der Waals surface area contributed by atoms with E-state index in [0.29, 0.717) is 37.3 Å². The number of allylic oxidation sites excluding steroid dienone is 2. The van der Waals surface area contributed by atoms with Crippen LogP contribution in [0.2, 0.25) is 0 Å². The molecule has 0 spiro atoms. The van der Waals surface area contributed by atoms with E-state index in [9.17, 15) is 13.2 Å². The molecule has 1 saturated heterocycles. The van der Waals surface area contributed by atoms with E-state index in [-0.39, 0.29) is 30.6 Å². The van der Waals surface area contributed by atoms with Gasteiger partial charge in [0.15, 0.2) is 0 Å². The number of piperidine rings is 1. The van der Waals surface area contributed by atoms with Crippen LogP contribution in [0.4, 0.5) is 24.5 Å². The van der Waals surface area contributed by atoms with Gasteiger partial charge < -0.3 is 20.1 Å². The first kappa shape index (κ1) is 26.3. The summed E-state index contributed by atoms with van der Waals surface area (Å²) in [5.74, 6) is 0. The molecule has 2 heterocycles. The van der Waals surface area contributed by atoms with Crippen molar-refractivity contribution in [2.45, 2.75) is 32.0 Å². The Kier molecular flexibility index (Phi) is 8.93. The summed E-state index contributed by atoms with van der Waals surface area (Å²) < 4.78 is 39.1. The zero-order valence-corrected chi connectivity index (χ0v) is 18.5. The Morgan fingerprint density at radius 2 is 1.85 bits per heavy atom. The number of halogens is 3. The number of hydrogen-bond donors (Lipinski definition) is 0. The van der Waals surface area contributed by atoms with Gasteiger partial charge >= 0.3 is 25.0 Å². The van der Waals surface area contributed by atoms with Crippen molar-refractivity contribution in [2.24, 2.45) is 4.99 Å². The summed E-state index contributed by atoms with van der Waals surface area (Å²) in [4.78, 5) is 12.0. The molecule has 0 amide bonds. The zero-order valence-electron chi connectivity index (χ0n) is 18.5. The molecule has 0 N–H and O–H groups in total. The number of pyridine rings is 1. The number of benzene rings is 1.